The van der Waals surface area contributed by atoms with E-state index >= 15 is 0 Å². The maximum absolute atomic E-state index is 12.0. The van der Waals surface area contributed by atoms with Crippen LogP contribution in [0.2, 0.25) is 0 Å². The largest absolute Gasteiger partial charge is 0.493 e. The number of carbonyl (C=O) groups excluding carboxylic acids is 2. The minimum Gasteiger partial charge on any atom is -0.493 e. The van der Waals surface area contributed by atoms with Crippen molar-refractivity contribution >= 4 is 17.5 Å². The number of amides is 2. The van der Waals surface area contributed by atoms with Gasteiger partial charge in [-0.15, -0.1) is 0 Å². The first-order valence-electron chi connectivity index (χ1n) is 8.79. The summed E-state index contributed by atoms with van der Waals surface area (Å²) in [6.07, 6.45) is 0. The van der Waals surface area contributed by atoms with Crippen LogP contribution in [0.25, 0.3) is 0 Å². The lowest BCUT2D eigenvalue weighted by Gasteiger charge is -2.22. The zero-order valence-electron chi connectivity index (χ0n) is 16.2. The Balaban J connectivity index is 1.87. The van der Waals surface area contributed by atoms with Crippen LogP contribution in [0.15, 0.2) is 42.5 Å². The summed E-state index contributed by atoms with van der Waals surface area (Å²) in [6, 6.07) is 13.1. The second-order valence-corrected chi connectivity index (χ2v) is 6.31. The molecule has 2 aromatic rings. The quantitative estimate of drug-likeness (QED) is 0.776. The zero-order chi connectivity index (χ0) is 19.8. The van der Waals surface area contributed by atoms with Gasteiger partial charge in [-0.2, -0.15) is 0 Å². The second-order valence-electron chi connectivity index (χ2n) is 6.31. The standard InChI is InChI=1S/C21H26N2O4/c1-15-11-16(2)13-18(12-15)23(17(3)24)10-9-22-21(25)14-27-20-8-6-5-7-19(20)26-4/h5-8,11-13H,9-10,14H2,1-4H3,(H,22,25). The SMILES string of the molecule is COc1ccccc1OCC(=O)NCCN(C(C)=O)c1cc(C)cc(C)c1. The van der Waals surface area contributed by atoms with Crippen LogP contribution < -0.4 is 19.7 Å². The fourth-order valence-corrected chi connectivity index (χ4v) is 2.81. The maximum atomic E-state index is 12.0. The lowest BCUT2D eigenvalue weighted by Crippen LogP contribution is -2.39. The van der Waals surface area contributed by atoms with Crippen LogP contribution in [0.3, 0.4) is 0 Å². The highest BCUT2D eigenvalue weighted by molar-refractivity contribution is 5.91. The predicted molar refractivity (Wildman–Crippen MR) is 105 cm³/mol. The Labute approximate surface area is 160 Å². The highest BCUT2D eigenvalue weighted by Gasteiger charge is 2.13. The summed E-state index contributed by atoms with van der Waals surface area (Å²) in [5.74, 6) is 0.753. The number of ether oxygens (including phenoxy) is 2. The van der Waals surface area contributed by atoms with Gasteiger partial charge in [0.15, 0.2) is 18.1 Å². The highest BCUT2D eigenvalue weighted by atomic mass is 16.5. The van der Waals surface area contributed by atoms with Gasteiger partial charge in [0.25, 0.3) is 5.91 Å². The Morgan fingerprint density at radius 1 is 1.04 bits per heavy atom. The third kappa shape index (κ3) is 6.02. The smallest absolute Gasteiger partial charge is 0.258 e. The molecule has 0 aliphatic carbocycles. The first-order valence-corrected chi connectivity index (χ1v) is 8.79. The Morgan fingerprint density at radius 2 is 1.67 bits per heavy atom. The minimum absolute atomic E-state index is 0.0699. The van der Waals surface area contributed by atoms with Crippen molar-refractivity contribution in [2.75, 3.05) is 31.7 Å². The molecule has 0 aliphatic heterocycles. The minimum atomic E-state index is -0.259. The lowest BCUT2D eigenvalue weighted by atomic mass is 10.1. The van der Waals surface area contributed by atoms with Crippen molar-refractivity contribution in [3.8, 4) is 11.5 Å². The molecule has 0 aromatic heterocycles. The summed E-state index contributed by atoms with van der Waals surface area (Å²) in [5.41, 5.74) is 3.01. The van der Waals surface area contributed by atoms with Gasteiger partial charge in [-0.25, -0.2) is 0 Å². The number of methoxy groups -OCH3 is 1. The van der Waals surface area contributed by atoms with Crippen LogP contribution in [0.1, 0.15) is 18.1 Å². The molecule has 0 radical (unpaired) electrons. The Bertz CT molecular complexity index is 784. The number of para-hydroxylation sites is 2. The van der Waals surface area contributed by atoms with Crippen molar-refractivity contribution in [1.82, 2.24) is 5.32 Å². The summed E-state index contributed by atoms with van der Waals surface area (Å²) in [5, 5.41) is 2.78. The molecular weight excluding hydrogens is 344 g/mol. The molecule has 6 heteroatoms. The molecular formula is C21H26N2O4. The molecule has 0 saturated carbocycles. The van der Waals surface area contributed by atoms with E-state index in [2.05, 4.69) is 11.4 Å². The average Bonchev–Trinajstić information content (AvgIpc) is 2.62. The van der Waals surface area contributed by atoms with E-state index < -0.39 is 0 Å². The van der Waals surface area contributed by atoms with Gasteiger partial charge < -0.3 is 19.7 Å². The van der Waals surface area contributed by atoms with Gasteiger partial charge in [0.2, 0.25) is 5.91 Å². The van der Waals surface area contributed by atoms with Gasteiger partial charge in [0.1, 0.15) is 0 Å². The Kier molecular flexibility index (Phi) is 7.23. The van der Waals surface area contributed by atoms with Gasteiger partial charge in [0, 0.05) is 25.7 Å². The van der Waals surface area contributed by atoms with Crippen LogP contribution in [0, 0.1) is 13.8 Å². The van der Waals surface area contributed by atoms with Gasteiger partial charge in [-0.05, 0) is 49.2 Å². The molecule has 0 atom stereocenters. The van der Waals surface area contributed by atoms with Crippen LogP contribution in [-0.2, 0) is 9.59 Å². The van der Waals surface area contributed by atoms with Gasteiger partial charge in [0.05, 0.1) is 7.11 Å². The molecule has 1 N–H and O–H groups in total. The number of carbonyl (C=O) groups is 2. The third-order valence-electron chi connectivity index (χ3n) is 3.98. The van der Waals surface area contributed by atoms with E-state index in [-0.39, 0.29) is 18.4 Å². The average molecular weight is 370 g/mol. The highest BCUT2D eigenvalue weighted by Crippen LogP contribution is 2.25. The van der Waals surface area contributed by atoms with Crippen molar-refractivity contribution in [2.45, 2.75) is 20.8 Å². The van der Waals surface area contributed by atoms with Crippen molar-refractivity contribution in [3.63, 3.8) is 0 Å². The van der Waals surface area contributed by atoms with E-state index in [1.165, 1.54) is 6.92 Å². The van der Waals surface area contributed by atoms with E-state index in [1.54, 1.807) is 24.1 Å². The summed E-state index contributed by atoms with van der Waals surface area (Å²) < 4.78 is 10.7. The van der Waals surface area contributed by atoms with E-state index in [1.807, 2.05) is 38.1 Å². The van der Waals surface area contributed by atoms with Crippen molar-refractivity contribution in [3.05, 3.63) is 53.6 Å². The van der Waals surface area contributed by atoms with Gasteiger partial charge >= 0.3 is 0 Å². The summed E-state index contributed by atoms with van der Waals surface area (Å²) in [7, 11) is 1.55. The van der Waals surface area contributed by atoms with E-state index in [0.717, 1.165) is 16.8 Å². The molecule has 2 rings (SSSR count). The number of aryl methyl sites for hydroxylation is 2. The topological polar surface area (TPSA) is 67.9 Å². The number of hydrogen-bond acceptors (Lipinski definition) is 4. The number of hydrogen-bond donors (Lipinski definition) is 1. The third-order valence-corrected chi connectivity index (χ3v) is 3.98. The van der Waals surface area contributed by atoms with Gasteiger partial charge in [-0.1, -0.05) is 18.2 Å². The first kappa shape index (κ1) is 20.3. The molecule has 0 saturated heterocycles. The number of rotatable bonds is 8. The molecule has 0 unspecified atom stereocenters. The molecule has 0 heterocycles. The molecule has 0 fully saturated rings. The molecule has 0 spiro atoms. The monoisotopic (exact) mass is 370 g/mol. The fourth-order valence-electron chi connectivity index (χ4n) is 2.81. The van der Waals surface area contributed by atoms with Crippen molar-refractivity contribution in [1.29, 1.82) is 0 Å². The van der Waals surface area contributed by atoms with E-state index in [0.29, 0.717) is 24.6 Å². The summed E-state index contributed by atoms with van der Waals surface area (Å²) in [6.45, 7) is 6.10. The number of nitrogens with one attached hydrogen (secondary N) is 1. The summed E-state index contributed by atoms with van der Waals surface area (Å²) in [4.78, 5) is 25.7. The first-order chi connectivity index (χ1) is 12.9. The molecule has 2 amide bonds. The Hall–Kier alpha value is -3.02. The van der Waals surface area contributed by atoms with Crippen LogP contribution in [-0.4, -0.2) is 38.6 Å². The molecule has 2 aromatic carbocycles. The second kappa shape index (κ2) is 9.62. The molecule has 6 nitrogen and oxygen atoms in total. The normalized spacial score (nSPS) is 10.2. The Morgan fingerprint density at radius 3 is 2.26 bits per heavy atom. The zero-order valence-corrected chi connectivity index (χ0v) is 16.2. The lowest BCUT2D eigenvalue weighted by molar-refractivity contribution is -0.123. The number of anilines is 1. The molecule has 27 heavy (non-hydrogen) atoms. The van der Waals surface area contributed by atoms with Crippen molar-refractivity contribution < 1.29 is 19.1 Å². The van der Waals surface area contributed by atoms with E-state index in [9.17, 15) is 9.59 Å². The maximum Gasteiger partial charge on any atom is 0.258 e. The predicted octanol–water partition coefficient (Wildman–Crippen LogP) is 2.86. The van der Waals surface area contributed by atoms with Crippen molar-refractivity contribution in [2.24, 2.45) is 0 Å². The number of nitrogens with zero attached hydrogens (tertiary/aromatic N) is 1. The van der Waals surface area contributed by atoms with Crippen LogP contribution >= 0.6 is 0 Å². The molecule has 0 aliphatic rings. The van der Waals surface area contributed by atoms with Crippen LogP contribution in [0.5, 0.6) is 11.5 Å². The fraction of sp³-hybridized carbons (Fsp3) is 0.333. The molecule has 0 bridgehead atoms. The molecule has 144 valence electrons. The van der Waals surface area contributed by atoms with Crippen LogP contribution in [0.4, 0.5) is 5.69 Å². The van der Waals surface area contributed by atoms with Gasteiger partial charge in [-0.3, -0.25) is 9.59 Å². The summed E-state index contributed by atoms with van der Waals surface area (Å²) >= 11 is 0. The van der Waals surface area contributed by atoms with E-state index in [4.69, 9.17) is 9.47 Å². The number of benzene rings is 2.